The first kappa shape index (κ1) is 19.8. The molecular formula is C23H23FN4O2. The van der Waals surface area contributed by atoms with Crippen molar-refractivity contribution in [1.82, 2.24) is 20.0 Å². The van der Waals surface area contributed by atoms with Crippen molar-refractivity contribution in [1.29, 1.82) is 0 Å². The highest BCUT2D eigenvalue weighted by Crippen LogP contribution is 2.30. The third-order valence-corrected chi connectivity index (χ3v) is 5.47. The van der Waals surface area contributed by atoms with E-state index in [4.69, 9.17) is 0 Å². The van der Waals surface area contributed by atoms with E-state index >= 15 is 0 Å². The molecule has 1 aliphatic rings. The van der Waals surface area contributed by atoms with Crippen molar-refractivity contribution < 1.29 is 14.0 Å². The molecule has 1 aromatic heterocycles. The number of urea groups is 1. The summed E-state index contributed by atoms with van der Waals surface area (Å²) >= 11 is 0. The third-order valence-electron chi connectivity index (χ3n) is 5.47. The SMILES string of the molecule is CC(C)c1ccc(C2(C)NC(=O)N(Cc3ccn(-c4cccc(F)c4)n3)C2=O)cc1. The summed E-state index contributed by atoms with van der Waals surface area (Å²) in [6, 6.07) is 15.0. The van der Waals surface area contributed by atoms with Gasteiger partial charge in [-0.2, -0.15) is 5.10 Å². The number of hydrogen-bond acceptors (Lipinski definition) is 3. The minimum atomic E-state index is -1.13. The van der Waals surface area contributed by atoms with Gasteiger partial charge in [-0.1, -0.05) is 44.2 Å². The molecule has 2 aromatic carbocycles. The van der Waals surface area contributed by atoms with E-state index in [0.717, 1.165) is 10.5 Å². The molecule has 4 rings (SSSR count). The van der Waals surface area contributed by atoms with Crippen LogP contribution in [0.5, 0.6) is 0 Å². The average molecular weight is 406 g/mol. The summed E-state index contributed by atoms with van der Waals surface area (Å²) in [6.45, 7) is 5.95. The van der Waals surface area contributed by atoms with Crippen LogP contribution in [0.25, 0.3) is 5.69 Å². The van der Waals surface area contributed by atoms with Crippen LogP contribution in [0.2, 0.25) is 0 Å². The summed E-state index contributed by atoms with van der Waals surface area (Å²) in [6.07, 6.45) is 1.67. The minimum Gasteiger partial charge on any atom is -0.319 e. The van der Waals surface area contributed by atoms with Crippen LogP contribution in [0.1, 0.15) is 43.5 Å². The summed E-state index contributed by atoms with van der Waals surface area (Å²) in [5.74, 6) is -0.312. The predicted molar refractivity (Wildman–Crippen MR) is 110 cm³/mol. The van der Waals surface area contributed by atoms with Crippen LogP contribution in [0.4, 0.5) is 9.18 Å². The van der Waals surface area contributed by atoms with Gasteiger partial charge in [-0.25, -0.2) is 13.9 Å². The highest BCUT2D eigenvalue weighted by Gasteiger charge is 2.49. The Hall–Kier alpha value is -3.48. The Bertz CT molecular complexity index is 1110. The molecule has 0 aliphatic carbocycles. The van der Waals surface area contributed by atoms with E-state index < -0.39 is 11.6 Å². The van der Waals surface area contributed by atoms with E-state index in [1.807, 2.05) is 24.3 Å². The van der Waals surface area contributed by atoms with Crippen molar-refractivity contribution in [2.24, 2.45) is 0 Å². The maximum atomic E-state index is 13.5. The number of amides is 3. The fourth-order valence-electron chi connectivity index (χ4n) is 3.61. The molecule has 6 nitrogen and oxygen atoms in total. The minimum absolute atomic E-state index is 0.0344. The molecule has 0 saturated carbocycles. The molecule has 1 unspecified atom stereocenters. The van der Waals surface area contributed by atoms with Gasteiger partial charge in [0.25, 0.3) is 5.91 Å². The molecule has 1 atom stereocenters. The molecule has 2 heterocycles. The van der Waals surface area contributed by atoms with Crippen LogP contribution in [-0.2, 0) is 16.9 Å². The molecule has 30 heavy (non-hydrogen) atoms. The monoisotopic (exact) mass is 406 g/mol. The Labute approximate surface area is 174 Å². The predicted octanol–water partition coefficient (Wildman–Crippen LogP) is 4.10. The number of benzene rings is 2. The van der Waals surface area contributed by atoms with Crippen molar-refractivity contribution in [2.75, 3.05) is 0 Å². The maximum Gasteiger partial charge on any atom is 0.325 e. The largest absolute Gasteiger partial charge is 0.325 e. The smallest absolute Gasteiger partial charge is 0.319 e. The van der Waals surface area contributed by atoms with E-state index in [1.165, 1.54) is 22.4 Å². The van der Waals surface area contributed by atoms with Crippen molar-refractivity contribution in [3.63, 3.8) is 0 Å². The van der Waals surface area contributed by atoms with Gasteiger partial charge in [0.2, 0.25) is 0 Å². The van der Waals surface area contributed by atoms with E-state index in [9.17, 15) is 14.0 Å². The van der Waals surface area contributed by atoms with E-state index in [-0.39, 0.29) is 18.3 Å². The summed E-state index contributed by atoms with van der Waals surface area (Å²) in [5.41, 5.74) is 1.87. The van der Waals surface area contributed by atoms with E-state index in [2.05, 4.69) is 24.3 Å². The number of carbonyl (C=O) groups is 2. The fraction of sp³-hybridized carbons (Fsp3) is 0.261. The molecule has 3 amide bonds. The van der Waals surface area contributed by atoms with Crippen molar-refractivity contribution in [3.8, 4) is 5.69 Å². The van der Waals surface area contributed by atoms with Crippen LogP contribution in [0, 0.1) is 5.82 Å². The molecule has 1 aliphatic heterocycles. The molecule has 1 saturated heterocycles. The molecule has 0 radical (unpaired) electrons. The number of aromatic nitrogens is 2. The Morgan fingerprint density at radius 1 is 1.10 bits per heavy atom. The third kappa shape index (κ3) is 3.47. The Kier molecular flexibility index (Phi) is 4.89. The first-order valence-corrected chi connectivity index (χ1v) is 9.83. The van der Waals surface area contributed by atoms with E-state index in [0.29, 0.717) is 17.3 Å². The Balaban J connectivity index is 1.55. The summed E-state index contributed by atoms with van der Waals surface area (Å²) in [5, 5.41) is 7.20. The highest BCUT2D eigenvalue weighted by molar-refractivity contribution is 6.07. The average Bonchev–Trinajstić information content (AvgIpc) is 3.27. The standard InChI is InChI=1S/C23H23FN4O2/c1-15(2)16-7-9-17(10-8-16)23(3)21(29)27(22(30)25-23)14-19-11-12-28(26-19)20-6-4-5-18(24)13-20/h4-13,15H,14H2,1-3H3,(H,25,30). The normalized spacial score (nSPS) is 18.9. The lowest BCUT2D eigenvalue weighted by Gasteiger charge is -2.22. The van der Waals surface area contributed by atoms with Crippen LogP contribution < -0.4 is 5.32 Å². The van der Waals surface area contributed by atoms with Gasteiger partial charge in [-0.15, -0.1) is 0 Å². The number of halogens is 1. The van der Waals surface area contributed by atoms with Crippen molar-refractivity contribution in [3.05, 3.63) is 83.4 Å². The van der Waals surface area contributed by atoms with Crippen molar-refractivity contribution >= 4 is 11.9 Å². The van der Waals surface area contributed by atoms with Crippen molar-refractivity contribution in [2.45, 2.75) is 38.8 Å². The Morgan fingerprint density at radius 3 is 2.50 bits per heavy atom. The molecule has 7 heteroatoms. The zero-order chi connectivity index (χ0) is 21.5. The number of rotatable bonds is 5. The van der Waals surface area contributed by atoms with Gasteiger partial charge in [0.15, 0.2) is 0 Å². The van der Waals surface area contributed by atoms with Gasteiger partial charge in [0.05, 0.1) is 17.9 Å². The zero-order valence-corrected chi connectivity index (χ0v) is 17.1. The fourth-order valence-corrected chi connectivity index (χ4v) is 3.61. The van der Waals surface area contributed by atoms with Gasteiger partial charge in [-0.05, 0) is 48.2 Å². The van der Waals surface area contributed by atoms with Crippen LogP contribution >= 0.6 is 0 Å². The summed E-state index contributed by atoms with van der Waals surface area (Å²) in [4.78, 5) is 26.9. The highest BCUT2D eigenvalue weighted by atomic mass is 19.1. The molecule has 1 N–H and O–H groups in total. The molecule has 3 aromatic rings. The summed E-state index contributed by atoms with van der Waals surface area (Å²) < 4.78 is 15.0. The lowest BCUT2D eigenvalue weighted by molar-refractivity contribution is -0.131. The molecular weight excluding hydrogens is 383 g/mol. The lowest BCUT2D eigenvalue weighted by Crippen LogP contribution is -2.40. The zero-order valence-electron chi connectivity index (χ0n) is 17.1. The van der Waals surface area contributed by atoms with Gasteiger partial charge in [0, 0.05) is 6.20 Å². The topological polar surface area (TPSA) is 67.2 Å². The number of nitrogens with zero attached hydrogens (tertiary/aromatic N) is 3. The molecule has 0 bridgehead atoms. The van der Waals surface area contributed by atoms with Gasteiger partial charge in [-0.3, -0.25) is 9.69 Å². The second kappa shape index (κ2) is 7.40. The first-order chi connectivity index (χ1) is 14.3. The second-order valence-electron chi connectivity index (χ2n) is 7.95. The van der Waals surface area contributed by atoms with Gasteiger partial charge >= 0.3 is 6.03 Å². The number of carbonyl (C=O) groups excluding carboxylic acids is 2. The quantitative estimate of drug-likeness (QED) is 0.649. The lowest BCUT2D eigenvalue weighted by atomic mass is 9.90. The Morgan fingerprint density at radius 2 is 1.83 bits per heavy atom. The summed E-state index contributed by atoms with van der Waals surface area (Å²) in [7, 11) is 0. The molecule has 1 fully saturated rings. The van der Waals surface area contributed by atoms with Crippen LogP contribution in [0.3, 0.4) is 0 Å². The number of nitrogens with one attached hydrogen (secondary N) is 1. The second-order valence-corrected chi connectivity index (χ2v) is 7.95. The molecule has 154 valence electrons. The number of hydrogen-bond donors (Lipinski definition) is 1. The van der Waals surface area contributed by atoms with Gasteiger partial charge in [0.1, 0.15) is 11.4 Å². The maximum absolute atomic E-state index is 13.5. The molecule has 0 spiro atoms. The van der Waals surface area contributed by atoms with Crippen LogP contribution in [0.15, 0.2) is 60.8 Å². The van der Waals surface area contributed by atoms with Crippen LogP contribution in [-0.4, -0.2) is 26.6 Å². The van der Waals surface area contributed by atoms with E-state index in [1.54, 1.807) is 31.3 Å². The number of imide groups is 1. The first-order valence-electron chi connectivity index (χ1n) is 9.83. The van der Waals surface area contributed by atoms with Gasteiger partial charge < -0.3 is 5.32 Å².